The van der Waals surface area contributed by atoms with Gasteiger partial charge in [-0.2, -0.15) is 0 Å². The summed E-state index contributed by atoms with van der Waals surface area (Å²) in [5, 5.41) is 11.1. The molecule has 1 aromatic carbocycles. The summed E-state index contributed by atoms with van der Waals surface area (Å²) in [4.78, 5) is 0. The van der Waals surface area contributed by atoms with E-state index in [2.05, 4.69) is 52.2 Å². The van der Waals surface area contributed by atoms with Gasteiger partial charge in [0.05, 0.1) is 4.47 Å². The Bertz CT molecular complexity index is 605. The monoisotopic (exact) mass is 353 g/mol. The van der Waals surface area contributed by atoms with Crippen LogP contribution in [0, 0.1) is 6.92 Å². The number of aryl methyl sites for hydroxylation is 1. The summed E-state index contributed by atoms with van der Waals surface area (Å²) < 4.78 is 11.9. The van der Waals surface area contributed by atoms with Gasteiger partial charge in [0, 0.05) is 19.0 Å². The molecule has 0 atom stereocenters. The molecule has 6 heteroatoms. The predicted molar refractivity (Wildman–Crippen MR) is 84.1 cm³/mol. The van der Waals surface area contributed by atoms with Crippen LogP contribution in [0.15, 0.2) is 27.1 Å². The summed E-state index contributed by atoms with van der Waals surface area (Å²) in [5.74, 6) is 1.76. The Labute approximate surface area is 133 Å². The van der Waals surface area contributed by atoms with Crippen LogP contribution in [-0.2, 0) is 13.2 Å². The molecule has 21 heavy (non-hydrogen) atoms. The molecule has 0 aliphatic rings. The lowest BCUT2D eigenvalue weighted by Gasteiger charge is -2.20. The maximum atomic E-state index is 5.67. The van der Waals surface area contributed by atoms with E-state index < -0.39 is 0 Å². The second kappa shape index (κ2) is 6.58. The van der Waals surface area contributed by atoms with Gasteiger partial charge in [-0.05, 0) is 54.4 Å². The van der Waals surface area contributed by atoms with Gasteiger partial charge in [0.15, 0.2) is 6.61 Å². The summed E-state index contributed by atoms with van der Waals surface area (Å²) in [7, 11) is 0. The number of hydrogen-bond acceptors (Lipinski definition) is 5. The highest BCUT2D eigenvalue weighted by Crippen LogP contribution is 2.27. The summed E-state index contributed by atoms with van der Waals surface area (Å²) in [6.07, 6.45) is 0. The Morgan fingerprint density at radius 3 is 2.62 bits per heavy atom. The van der Waals surface area contributed by atoms with Crippen molar-refractivity contribution in [2.24, 2.45) is 0 Å². The molecule has 0 bridgehead atoms. The minimum Gasteiger partial charge on any atom is -0.483 e. The predicted octanol–water partition coefficient (Wildman–Crippen LogP) is 3.61. The Balaban J connectivity index is 1.95. The fraction of sp³-hybridized carbons (Fsp3) is 0.467. The van der Waals surface area contributed by atoms with Crippen LogP contribution in [-0.4, -0.2) is 15.7 Å². The average Bonchev–Trinajstić information content (AvgIpc) is 2.80. The minimum atomic E-state index is 0.0947. The SMILES string of the molecule is Cc1nnc(COc2ccc(CNC(C)(C)C)cc2Br)o1. The number of halogens is 1. The smallest absolute Gasteiger partial charge is 0.253 e. The van der Waals surface area contributed by atoms with Gasteiger partial charge in [-0.1, -0.05) is 6.07 Å². The Kier molecular flexibility index (Phi) is 5.00. The number of aromatic nitrogens is 2. The van der Waals surface area contributed by atoms with Gasteiger partial charge in [0.1, 0.15) is 5.75 Å². The quantitative estimate of drug-likeness (QED) is 0.889. The van der Waals surface area contributed by atoms with Crippen molar-refractivity contribution >= 4 is 15.9 Å². The molecule has 1 heterocycles. The number of ether oxygens (including phenoxy) is 1. The second-order valence-electron chi connectivity index (χ2n) is 5.87. The van der Waals surface area contributed by atoms with Crippen molar-refractivity contribution in [2.45, 2.75) is 46.4 Å². The van der Waals surface area contributed by atoms with Gasteiger partial charge in [-0.3, -0.25) is 0 Å². The summed E-state index contributed by atoms with van der Waals surface area (Å²) in [6.45, 7) is 9.26. The largest absolute Gasteiger partial charge is 0.483 e. The van der Waals surface area contributed by atoms with E-state index in [0.717, 1.165) is 16.8 Å². The molecule has 0 amide bonds. The molecule has 0 aliphatic heterocycles. The van der Waals surface area contributed by atoms with Crippen LogP contribution < -0.4 is 10.1 Å². The zero-order valence-electron chi connectivity index (χ0n) is 12.7. The van der Waals surface area contributed by atoms with Gasteiger partial charge in [0.25, 0.3) is 5.89 Å². The molecule has 1 N–H and O–H groups in total. The van der Waals surface area contributed by atoms with Crippen molar-refractivity contribution in [3.63, 3.8) is 0 Å². The lowest BCUT2D eigenvalue weighted by molar-refractivity contribution is 0.259. The minimum absolute atomic E-state index is 0.0947. The van der Waals surface area contributed by atoms with Crippen molar-refractivity contribution in [3.05, 3.63) is 40.0 Å². The van der Waals surface area contributed by atoms with Gasteiger partial charge in [0.2, 0.25) is 5.89 Å². The number of rotatable bonds is 5. The highest BCUT2D eigenvalue weighted by molar-refractivity contribution is 9.10. The van der Waals surface area contributed by atoms with Crippen LogP contribution in [0.1, 0.15) is 38.1 Å². The third-order valence-corrected chi connectivity index (χ3v) is 3.36. The molecule has 2 rings (SSSR count). The first-order valence-electron chi connectivity index (χ1n) is 6.79. The maximum absolute atomic E-state index is 5.67. The van der Waals surface area contributed by atoms with E-state index in [1.807, 2.05) is 18.2 Å². The van der Waals surface area contributed by atoms with Crippen LogP contribution in [0.4, 0.5) is 0 Å². The zero-order chi connectivity index (χ0) is 15.5. The highest BCUT2D eigenvalue weighted by Gasteiger charge is 2.10. The van der Waals surface area contributed by atoms with E-state index in [9.17, 15) is 0 Å². The van der Waals surface area contributed by atoms with Crippen LogP contribution in [0.3, 0.4) is 0 Å². The molecule has 0 aliphatic carbocycles. The molecular weight excluding hydrogens is 334 g/mol. The summed E-state index contributed by atoms with van der Waals surface area (Å²) in [5.41, 5.74) is 1.29. The molecule has 0 unspecified atom stereocenters. The standard InChI is InChI=1S/C15H20BrN3O2/c1-10-18-19-14(21-10)9-20-13-6-5-11(7-12(13)16)8-17-15(2,3)4/h5-7,17H,8-9H2,1-4H3. The van der Waals surface area contributed by atoms with E-state index in [4.69, 9.17) is 9.15 Å². The molecule has 0 saturated carbocycles. The topological polar surface area (TPSA) is 60.2 Å². The van der Waals surface area contributed by atoms with Crippen molar-refractivity contribution in [1.29, 1.82) is 0 Å². The molecular formula is C15H20BrN3O2. The number of hydrogen-bond donors (Lipinski definition) is 1. The molecule has 0 saturated heterocycles. The van der Waals surface area contributed by atoms with E-state index >= 15 is 0 Å². The average molecular weight is 354 g/mol. The van der Waals surface area contributed by atoms with Crippen molar-refractivity contribution in [1.82, 2.24) is 15.5 Å². The van der Waals surface area contributed by atoms with Gasteiger partial charge in [-0.15, -0.1) is 10.2 Å². The van der Waals surface area contributed by atoms with Crippen LogP contribution >= 0.6 is 15.9 Å². The van der Waals surface area contributed by atoms with Crippen molar-refractivity contribution < 1.29 is 9.15 Å². The van der Waals surface area contributed by atoms with Gasteiger partial charge < -0.3 is 14.5 Å². The molecule has 2 aromatic rings. The molecule has 0 fully saturated rings. The number of benzene rings is 1. The highest BCUT2D eigenvalue weighted by atomic mass is 79.9. The lowest BCUT2D eigenvalue weighted by atomic mass is 10.1. The Morgan fingerprint density at radius 2 is 2.05 bits per heavy atom. The van der Waals surface area contributed by atoms with Crippen LogP contribution in [0.2, 0.25) is 0 Å². The fourth-order valence-corrected chi connectivity index (χ4v) is 2.21. The first-order chi connectivity index (χ1) is 9.83. The Morgan fingerprint density at radius 1 is 1.29 bits per heavy atom. The molecule has 114 valence electrons. The summed E-state index contributed by atoms with van der Waals surface area (Å²) in [6, 6.07) is 6.03. The normalized spacial score (nSPS) is 11.7. The summed E-state index contributed by atoms with van der Waals surface area (Å²) >= 11 is 3.53. The molecule has 0 radical (unpaired) electrons. The molecule has 5 nitrogen and oxygen atoms in total. The molecule has 0 spiro atoms. The third kappa shape index (κ3) is 5.13. The lowest BCUT2D eigenvalue weighted by Crippen LogP contribution is -2.35. The maximum Gasteiger partial charge on any atom is 0.253 e. The van der Waals surface area contributed by atoms with E-state index in [1.165, 1.54) is 5.56 Å². The molecule has 1 aromatic heterocycles. The third-order valence-electron chi connectivity index (χ3n) is 2.74. The first kappa shape index (κ1) is 16.0. The van der Waals surface area contributed by atoms with Crippen LogP contribution in [0.25, 0.3) is 0 Å². The van der Waals surface area contributed by atoms with Crippen LogP contribution in [0.5, 0.6) is 5.75 Å². The van der Waals surface area contributed by atoms with E-state index in [1.54, 1.807) is 6.92 Å². The van der Waals surface area contributed by atoms with E-state index in [0.29, 0.717) is 11.8 Å². The van der Waals surface area contributed by atoms with Crippen molar-refractivity contribution in [3.8, 4) is 5.75 Å². The van der Waals surface area contributed by atoms with Gasteiger partial charge >= 0.3 is 0 Å². The van der Waals surface area contributed by atoms with E-state index in [-0.39, 0.29) is 12.1 Å². The Hall–Kier alpha value is -1.40. The zero-order valence-corrected chi connectivity index (χ0v) is 14.3. The van der Waals surface area contributed by atoms with Crippen molar-refractivity contribution in [2.75, 3.05) is 0 Å². The first-order valence-corrected chi connectivity index (χ1v) is 7.58. The number of nitrogens with one attached hydrogen (secondary N) is 1. The number of nitrogens with zero attached hydrogens (tertiary/aromatic N) is 2. The van der Waals surface area contributed by atoms with Gasteiger partial charge in [-0.25, -0.2) is 0 Å². The second-order valence-corrected chi connectivity index (χ2v) is 6.73. The fourth-order valence-electron chi connectivity index (χ4n) is 1.67.